The Bertz CT molecular complexity index is 651. The monoisotopic (exact) mass is 344 g/mol. The molecule has 0 radical (unpaired) electrons. The zero-order valence-electron chi connectivity index (χ0n) is 13.6. The first-order valence-electron chi connectivity index (χ1n) is 7.54. The second-order valence-corrected chi connectivity index (χ2v) is 8.30. The van der Waals surface area contributed by atoms with Crippen LogP contribution >= 0.6 is 0 Å². The zero-order valence-corrected chi connectivity index (χ0v) is 14.5. The van der Waals surface area contributed by atoms with Gasteiger partial charge in [-0.15, -0.1) is 0 Å². The van der Waals surface area contributed by atoms with Crippen LogP contribution in [-0.4, -0.2) is 59.5 Å². The Morgan fingerprint density at radius 1 is 1.57 bits per heavy atom. The standard InChI is InChI=1S/C14H24N4O4S/c1-17-9-11(8-15-17)14(10-6-12(19)7-10)16-13(20)4-5-18(2)23(3,21)22/h8-10,12,14,19H,4-7H2,1-3H3,(H,16,20)/t10?,12?,14-/m1/s1. The molecule has 23 heavy (non-hydrogen) atoms. The number of aliphatic hydroxyl groups excluding tert-OH is 1. The van der Waals surface area contributed by atoms with Crippen LogP contribution in [0.5, 0.6) is 0 Å². The molecule has 0 aliphatic heterocycles. The van der Waals surface area contributed by atoms with Crippen molar-refractivity contribution in [3.8, 4) is 0 Å². The summed E-state index contributed by atoms with van der Waals surface area (Å²) in [5.41, 5.74) is 0.897. The number of carbonyl (C=O) groups is 1. The first kappa shape index (κ1) is 17.9. The lowest BCUT2D eigenvalue weighted by Crippen LogP contribution is -2.42. The third-order valence-electron chi connectivity index (χ3n) is 4.24. The molecular weight excluding hydrogens is 320 g/mol. The second kappa shape index (κ2) is 6.98. The van der Waals surface area contributed by atoms with Gasteiger partial charge in [-0.25, -0.2) is 12.7 Å². The fraction of sp³-hybridized carbons (Fsp3) is 0.714. The molecule has 1 aromatic rings. The Kier molecular flexibility index (Phi) is 5.43. The van der Waals surface area contributed by atoms with Crippen molar-refractivity contribution in [1.29, 1.82) is 0 Å². The predicted molar refractivity (Wildman–Crippen MR) is 84.9 cm³/mol. The van der Waals surface area contributed by atoms with Crippen LogP contribution in [0.1, 0.15) is 30.9 Å². The Labute approximate surface area is 136 Å². The SMILES string of the molecule is CN(CCC(=O)N[C@@H](c1cnn(C)c1)C1CC(O)C1)S(C)(=O)=O. The van der Waals surface area contributed by atoms with E-state index >= 15 is 0 Å². The Hall–Kier alpha value is -1.45. The summed E-state index contributed by atoms with van der Waals surface area (Å²) in [5.74, 6) is -0.0402. The third kappa shape index (κ3) is 4.76. The van der Waals surface area contributed by atoms with Gasteiger partial charge in [0.2, 0.25) is 15.9 Å². The minimum Gasteiger partial charge on any atom is -0.393 e. The van der Waals surface area contributed by atoms with Gasteiger partial charge in [-0.05, 0) is 18.8 Å². The van der Waals surface area contributed by atoms with E-state index in [1.165, 1.54) is 7.05 Å². The normalized spacial score (nSPS) is 22.7. The van der Waals surface area contributed by atoms with Crippen LogP contribution in [0, 0.1) is 5.92 Å². The molecule has 9 heteroatoms. The van der Waals surface area contributed by atoms with E-state index in [4.69, 9.17) is 0 Å². The molecule has 1 aliphatic carbocycles. The lowest BCUT2D eigenvalue weighted by atomic mass is 9.75. The summed E-state index contributed by atoms with van der Waals surface area (Å²) in [7, 11) is -0.0334. The smallest absolute Gasteiger partial charge is 0.221 e. The van der Waals surface area contributed by atoms with Crippen molar-refractivity contribution in [3.63, 3.8) is 0 Å². The second-order valence-electron chi connectivity index (χ2n) is 6.21. The van der Waals surface area contributed by atoms with Crippen LogP contribution in [-0.2, 0) is 21.9 Å². The summed E-state index contributed by atoms with van der Waals surface area (Å²) in [4.78, 5) is 12.2. The van der Waals surface area contributed by atoms with Crippen molar-refractivity contribution in [2.24, 2.45) is 13.0 Å². The fourth-order valence-corrected chi connectivity index (χ4v) is 3.07. The highest BCUT2D eigenvalue weighted by Crippen LogP contribution is 2.37. The molecule has 0 spiro atoms. The van der Waals surface area contributed by atoms with Crippen LogP contribution in [0.15, 0.2) is 12.4 Å². The van der Waals surface area contributed by atoms with E-state index in [1.807, 2.05) is 6.20 Å². The summed E-state index contributed by atoms with van der Waals surface area (Å²) in [6.07, 6.45) is 5.73. The van der Waals surface area contributed by atoms with E-state index in [0.717, 1.165) is 16.1 Å². The van der Waals surface area contributed by atoms with E-state index in [-0.39, 0.29) is 36.9 Å². The summed E-state index contributed by atoms with van der Waals surface area (Å²) >= 11 is 0. The minimum atomic E-state index is -3.29. The molecular formula is C14H24N4O4S. The van der Waals surface area contributed by atoms with Crippen molar-refractivity contribution >= 4 is 15.9 Å². The molecule has 1 saturated carbocycles. The number of aryl methyl sites for hydroxylation is 1. The topological polar surface area (TPSA) is 105 Å². The lowest BCUT2D eigenvalue weighted by Gasteiger charge is -2.37. The molecule has 0 saturated heterocycles. The largest absolute Gasteiger partial charge is 0.393 e. The van der Waals surface area contributed by atoms with Crippen molar-refractivity contribution in [3.05, 3.63) is 18.0 Å². The summed E-state index contributed by atoms with van der Waals surface area (Å²) < 4.78 is 25.5. The molecule has 0 aromatic carbocycles. The van der Waals surface area contributed by atoms with E-state index in [0.29, 0.717) is 12.8 Å². The molecule has 1 aliphatic rings. The van der Waals surface area contributed by atoms with Gasteiger partial charge in [-0.2, -0.15) is 5.10 Å². The fourth-order valence-electron chi connectivity index (χ4n) is 2.65. The highest BCUT2D eigenvalue weighted by Gasteiger charge is 2.36. The number of amides is 1. The van der Waals surface area contributed by atoms with Gasteiger partial charge in [0.05, 0.1) is 24.6 Å². The van der Waals surface area contributed by atoms with E-state index in [9.17, 15) is 18.3 Å². The summed E-state index contributed by atoms with van der Waals surface area (Å²) in [6, 6.07) is -0.205. The number of hydrogen-bond acceptors (Lipinski definition) is 5. The molecule has 2 rings (SSSR count). The Morgan fingerprint density at radius 2 is 2.22 bits per heavy atom. The lowest BCUT2D eigenvalue weighted by molar-refractivity contribution is -0.123. The van der Waals surface area contributed by atoms with Crippen molar-refractivity contribution in [2.75, 3.05) is 19.8 Å². The maximum atomic E-state index is 12.2. The molecule has 0 bridgehead atoms. The van der Waals surface area contributed by atoms with Crippen molar-refractivity contribution < 1.29 is 18.3 Å². The molecule has 1 amide bonds. The van der Waals surface area contributed by atoms with E-state index in [1.54, 1.807) is 17.9 Å². The van der Waals surface area contributed by atoms with Gasteiger partial charge in [0.25, 0.3) is 0 Å². The van der Waals surface area contributed by atoms with Gasteiger partial charge in [0, 0.05) is 38.8 Å². The van der Waals surface area contributed by atoms with Crippen LogP contribution in [0.2, 0.25) is 0 Å². The Balaban J connectivity index is 1.96. The zero-order chi connectivity index (χ0) is 17.2. The number of hydrogen-bond donors (Lipinski definition) is 2. The number of carbonyl (C=O) groups excluding carboxylic acids is 1. The molecule has 1 fully saturated rings. The summed E-state index contributed by atoms with van der Waals surface area (Å²) in [5, 5.41) is 16.6. The average Bonchev–Trinajstić information content (AvgIpc) is 2.84. The maximum absolute atomic E-state index is 12.2. The van der Waals surface area contributed by atoms with Crippen molar-refractivity contribution in [2.45, 2.75) is 31.4 Å². The molecule has 130 valence electrons. The van der Waals surface area contributed by atoms with Crippen molar-refractivity contribution in [1.82, 2.24) is 19.4 Å². The number of rotatable bonds is 7. The van der Waals surface area contributed by atoms with Gasteiger partial charge < -0.3 is 10.4 Å². The molecule has 1 atom stereocenters. The minimum absolute atomic E-state index is 0.0929. The van der Waals surface area contributed by atoms with E-state index in [2.05, 4.69) is 10.4 Å². The molecule has 1 aromatic heterocycles. The molecule has 8 nitrogen and oxygen atoms in total. The first-order chi connectivity index (χ1) is 10.7. The number of sulfonamides is 1. The number of aromatic nitrogens is 2. The van der Waals surface area contributed by atoms with Crippen LogP contribution in [0.25, 0.3) is 0 Å². The van der Waals surface area contributed by atoms with Gasteiger partial charge >= 0.3 is 0 Å². The van der Waals surface area contributed by atoms with Gasteiger partial charge in [0.15, 0.2) is 0 Å². The maximum Gasteiger partial charge on any atom is 0.221 e. The van der Waals surface area contributed by atoms with Crippen LogP contribution in [0.4, 0.5) is 0 Å². The molecule has 0 unspecified atom stereocenters. The summed E-state index contributed by atoms with van der Waals surface area (Å²) in [6.45, 7) is 0.137. The molecule has 2 N–H and O–H groups in total. The Morgan fingerprint density at radius 3 is 2.70 bits per heavy atom. The number of aliphatic hydroxyl groups is 1. The first-order valence-corrected chi connectivity index (χ1v) is 9.39. The van der Waals surface area contributed by atoms with Gasteiger partial charge in [0.1, 0.15) is 0 Å². The number of nitrogens with zero attached hydrogens (tertiary/aromatic N) is 3. The quantitative estimate of drug-likeness (QED) is 0.702. The highest BCUT2D eigenvalue weighted by atomic mass is 32.2. The van der Waals surface area contributed by atoms with Gasteiger partial charge in [-0.3, -0.25) is 9.48 Å². The van der Waals surface area contributed by atoms with Crippen LogP contribution in [0.3, 0.4) is 0 Å². The highest BCUT2D eigenvalue weighted by molar-refractivity contribution is 7.88. The van der Waals surface area contributed by atoms with Gasteiger partial charge in [-0.1, -0.05) is 0 Å². The predicted octanol–water partition coefficient (Wildman–Crippen LogP) is -0.370. The van der Waals surface area contributed by atoms with Crippen LogP contribution < -0.4 is 5.32 Å². The molecule has 1 heterocycles. The number of nitrogens with one attached hydrogen (secondary N) is 1. The van der Waals surface area contributed by atoms with E-state index < -0.39 is 10.0 Å². The third-order valence-corrected chi connectivity index (χ3v) is 5.56. The average molecular weight is 344 g/mol.